The Labute approximate surface area is 257 Å². The molecule has 1 saturated carbocycles. The Balaban J connectivity index is 1.41. The normalized spacial score (nSPS) is 25.2. The van der Waals surface area contributed by atoms with E-state index in [2.05, 4.69) is 26.3 Å². The highest BCUT2D eigenvalue weighted by atomic mass is 32.1. The van der Waals surface area contributed by atoms with Gasteiger partial charge in [0.1, 0.15) is 29.9 Å². The maximum absolute atomic E-state index is 16.7. The van der Waals surface area contributed by atoms with E-state index in [1.165, 1.54) is 0 Å². The first-order valence-corrected chi connectivity index (χ1v) is 15.4. The van der Waals surface area contributed by atoms with Gasteiger partial charge in [-0.3, -0.25) is 4.90 Å². The Hall–Kier alpha value is -3.90. The van der Waals surface area contributed by atoms with Crippen molar-refractivity contribution in [3.63, 3.8) is 0 Å². The largest absolute Gasteiger partial charge is 0.461 e. The monoisotopic (exact) mass is 647 g/mol. The van der Waals surface area contributed by atoms with Gasteiger partial charge in [0.25, 0.3) is 0 Å². The number of nitrogens with two attached hydrogens (primary N) is 1. The summed E-state index contributed by atoms with van der Waals surface area (Å²) in [5.41, 5.74) is 1.99. The number of aromatic nitrogens is 3. The fraction of sp³-hybridized carbons (Fsp3) is 0.467. The lowest BCUT2D eigenvalue weighted by molar-refractivity contribution is -0.137. The number of hydrogen-bond acceptors (Lipinski definition) is 9. The molecule has 15 heteroatoms. The molecule has 0 amide bonds. The van der Waals surface area contributed by atoms with Crippen LogP contribution in [0.25, 0.3) is 32.2 Å². The topological polar surface area (TPSA) is 113 Å². The molecule has 0 spiro atoms. The number of thiazole rings is 1. The highest BCUT2D eigenvalue weighted by molar-refractivity contribution is 7.22. The number of nitrogens with zero attached hydrogens (tertiary/aromatic N) is 5. The van der Waals surface area contributed by atoms with E-state index in [1.54, 1.807) is 0 Å². The Bertz CT molecular complexity index is 1860. The SMILES string of the molecule is N#C[C@H]1CCC[C@H]1Nc1nc(OC[C@@]23CCCN2C[C@H](F)C3)nc2c(F)c(-c3ccc(F)c4sc(N)nc34)c(C(F)(F)F)cc12. The van der Waals surface area contributed by atoms with Gasteiger partial charge in [-0.1, -0.05) is 11.3 Å². The molecule has 2 saturated heterocycles. The minimum absolute atomic E-state index is 0.00834. The molecule has 2 aliphatic heterocycles. The van der Waals surface area contributed by atoms with Crippen molar-refractivity contribution < 1.29 is 31.1 Å². The molecule has 0 bridgehead atoms. The number of fused-ring (bicyclic) bond motifs is 3. The van der Waals surface area contributed by atoms with E-state index in [-0.39, 0.29) is 57.7 Å². The van der Waals surface area contributed by atoms with E-state index in [9.17, 15) is 27.2 Å². The summed E-state index contributed by atoms with van der Waals surface area (Å²) in [5, 5.41) is 12.3. The average molecular weight is 648 g/mol. The Morgan fingerprint density at radius 1 is 1.16 bits per heavy atom. The molecule has 1 aliphatic carbocycles. The van der Waals surface area contributed by atoms with Crippen molar-refractivity contribution >= 4 is 43.4 Å². The third kappa shape index (κ3) is 5.07. The van der Waals surface area contributed by atoms with Gasteiger partial charge in [0.05, 0.1) is 33.3 Å². The minimum atomic E-state index is -5.04. The summed E-state index contributed by atoms with van der Waals surface area (Å²) in [6.45, 7) is 0.990. The molecule has 3 fully saturated rings. The molecular formula is C30H27F6N7OS. The van der Waals surface area contributed by atoms with Crippen molar-refractivity contribution in [1.82, 2.24) is 19.9 Å². The zero-order valence-electron chi connectivity index (χ0n) is 23.7. The first-order valence-electron chi connectivity index (χ1n) is 14.6. The number of rotatable bonds is 6. The Morgan fingerprint density at radius 2 is 1.98 bits per heavy atom. The molecule has 236 valence electrons. The quantitative estimate of drug-likeness (QED) is 0.219. The molecule has 4 aromatic rings. The number of benzene rings is 2. The molecule has 2 aromatic carbocycles. The lowest BCUT2D eigenvalue weighted by Gasteiger charge is -2.31. The van der Waals surface area contributed by atoms with E-state index in [0.717, 1.165) is 36.0 Å². The van der Waals surface area contributed by atoms with E-state index < -0.39 is 58.1 Å². The highest BCUT2D eigenvalue weighted by Gasteiger charge is 2.49. The third-order valence-corrected chi connectivity index (χ3v) is 10.1. The van der Waals surface area contributed by atoms with Crippen LogP contribution in [-0.4, -0.2) is 57.3 Å². The van der Waals surface area contributed by atoms with Crippen molar-refractivity contribution in [3.05, 3.63) is 35.4 Å². The molecule has 4 atom stereocenters. The Morgan fingerprint density at radius 3 is 2.76 bits per heavy atom. The van der Waals surface area contributed by atoms with Crippen LogP contribution in [0.3, 0.4) is 0 Å². The number of nitrogens with one attached hydrogen (secondary N) is 1. The standard InChI is InChI=1S/C30H27F6N7OS/c31-15-10-29(7-2-8-43(29)12-15)13-44-28-41-23-17(26(42-28)39-20-4-1-3-14(20)11-37)9-18(30(34,35)36)21(22(23)33)16-5-6-19(32)25-24(16)40-27(38)45-25/h5-6,9,14-15,20H,1-4,7-8,10,12-13H2,(H2,38,40)(H,39,41,42)/t14-,15-,20-,29+/m1/s1. The second-order valence-electron chi connectivity index (χ2n) is 12.0. The summed E-state index contributed by atoms with van der Waals surface area (Å²) in [6.07, 6.45) is -2.42. The minimum Gasteiger partial charge on any atom is -0.461 e. The van der Waals surface area contributed by atoms with E-state index >= 15 is 4.39 Å². The van der Waals surface area contributed by atoms with Gasteiger partial charge in [-0.05, 0) is 56.8 Å². The van der Waals surface area contributed by atoms with Crippen LogP contribution in [0.5, 0.6) is 6.01 Å². The van der Waals surface area contributed by atoms with Crippen LogP contribution < -0.4 is 15.8 Å². The van der Waals surface area contributed by atoms with Crippen LogP contribution in [0.1, 0.15) is 44.1 Å². The average Bonchev–Trinajstić information content (AvgIpc) is 3.75. The Kier molecular flexibility index (Phi) is 7.20. The molecule has 3 N–H and O–H groups in total. The van der Waals surface area contributed by atoms with E-state index in [1.807, 2.05) is 4.90 Å². The fourth-order valence-electron chi connectivity index (χ4n) is 7.17. The zero-order chi connectivity index (χ0) is 31.7. The summed E-state index contributed by atoms with van der Waals surface area (Å²) in [6, 6.07) is 4.19. The molecule has 2 aromatic heterocycles. The van der Waals surface area contributed by atoms with Crippen LogP contribution in [0.2, 0.25) is 0 Å². The van der Waals surface area contributed by atoms with Gasteiger partial charge in [-0.25, -0.2) is 18.2 Å². The molecular weight excluding hydrogens is 620 g/mol. The van der Waals surface area contributed by atoms with Crippen LogP contribution in [-0.2, 0) is 6.18 Å². The second-order valence-corrected chi connectivity index (χ2v) is 13.0. The summed E-state index contributed by atoms with van der Waals surface area (Å²) in [5.74, 6) is -2.63. The number of ether oxygens (including phenoxy) is 1. The van der Waals surface area contributed by atoms with Crippen LogP contribution in [0, 0.1) is 28.9 Å². The molecule has 7 rings (SSSR count). The third-order valence-electron chi connectivity index (χ3n) is 9.23. The van der Waals surface area contributed by atoms with Gasteiger partial charge < -0.3 is 15.8 Å². The maximum Gasteiger partial charge on any atom is 0.417 e. The summed E-state index contributed by atoms with van der Waals surface area (Å²) >= 11 is 0.736. The number of anilines is 2. The van der Waals surface area contributed by atoms with Crippen molar-refractivity contribution in [2.45, 2.75) is 62.5 Å². The van der Waals surface area contributed by atoms with E-state index in [0.29, 0.717) is 32.2 Å². The van der Waals surface area contributed by atoms with Crippen molar-refractivity contribution in [3.8, 4) is 23.2 Å². The zero-order valence-corrected chi connectivity index (χ0v) is 24.5. The second kappa shape index (κ2) is 10.9. The molecule has 4 heterocycles. The first-order chi connectivity index (χ1) is 21.5. The summed E-state index contributed by atoms with van der Waals surface area (Å²) < 4.78 is 95.5. The number of halogens is 6. The van der Waals surface area contributed by atoms with Gasteiger partial charge in [0.2, 0.25) is 0 Å². The van der Waals surface area contributed by atoms with Gasteiger partial charge in [0.15, 0.2) is 10.9 Å². The molecule has 8 nitrogen and oxygen atoms in total. The number of nitrogen functional groups attached to an aromatic ring is 1. The van der Waals surface area contributed by atoms with Gasteiger partial charge in [0, 0.05) is 35.5 Å². The lowest BCUT2D eigenvalue weighted by Crippen LogP contribution is -2.43. The molecule has 0 unspecified atom stereocenters. The van der Waals surface area contributed by atoms with Crippen LogP contribution in [0.15, 0.2) is 18.2 Å². The number of hydrogen-bond donors (Lipinski definition) is 2. The molecule has 45 heavy (non-hydrogen) atoms. The number of nitriles is 1. The smallest absolute Gasteiger partial charge is 0.417 e. The van der Waals surface area contributed by atoms with Crippen molar-refractivity contribution in [2.24, 2.45) is 5.92 Å². The fourth-order valence-corrected chi connectivity index (χ4v) is 7.94. The predicted molar refractivity (Wildman–Crippen MR) is 156 cm³/mol. The number of alkyl halides is 4. The predicted octanol–water partition coefficient (Wildman–Crippen LogP) is 6.85. The molecule has 3 aliphatic rings. The maximum atomic E-state index is 16.7. The van der Waals surface area contributed by atoms with Crippen molar-refractivity contribution in [2.75, 3.05) is 30.7 Å². The van der Waals surface area contributed by atoms with E-state index in [4.69, 9.17) is 10.5 Å². The summed E-state index contributed by atoms with van der Waals surface area (Å²) in [7, 11) is 0. The van der Waals surface area contributed by atoms with Crippen molar-refractivity contribution in [1.29, 1.82) is 5.26 Å². The first kappa shape index (κ1) is 29.8. The van der Waals surface area contributed by atoms with Gasteiger partial charge in [-0.2, -0.15) is 28.4 Å². The lowest BCUT2D eigenvalue weighted by atomic mass is 9.95. The molecule has 0 radical (unpaired) electrons. The van der Waals surface area contributed by atoms with Gasteiger partial charge >= 0.3 is 12.2 Å². The van der Waals surface area contributed by atoms with Crippen LogP contribution >= 0.6 is 11.3 Å². The summed E-state index contributed by atoms with van der Waals surface area (Å²) in [4.78, 5) is 14.6. The highest BCUT2D eigenvalue weighted by Crippen LogP contribution is 2.46. The van der Waals surface area contributed by atoms with Gasteiger partial charge in [-0.15, -0.1) is 0 Å². The van der Waals surface area contributed by atoms with Crippen LogP contribution in [0.4, 0.5) is 37.3 Å².